The van der Waals surface area contributed by atoms with E-state index in [1.165, 1.54) is 12.8 Å². The molecule has 1 heterocycles. The predicted molar refractivity (Wildman–Crippen MR) is 80.5 cm³/mol. The minimum atomic E-state index is 0.426. The Morgan fingerprint density at radius 1 is 1.15 bits per heavy atom. The molecule has 1 fully saturated rings. The molecule has 1 atom stereocenters. The molecule has 0 saturated carbocycles. The summed E-state index contributed by atoms with van der Waals surface area (Å²) in [6, 6.07) is 2.16. The van der Waals surface area contributed by atoms with E-state index < -0.39 is 0 Å². The number of benzene rings is 1. The average Bonchev–Trinajstić information content (AvgIpc) is 2.48. The van der Waals surface area contributed by atoms with Crippen molar-refractivity contribution in [2.75, 3.05) is 27.9 Å². The minimum absolute atomic E-state index is 0.426. The van der Waals surface area contributed by atoms with Crippen LogP contribution in [0.5, 0.6) is 17.2 Å². The summed E-state index contributed by atoms with van der Waals surface area (Å²) in [5, 5.41) is 4.08. The Hall–Kier alpha value is -1.13. The van der Waals surface area contributed by atoms with Gasteiger partial charge in [0.2, 0.25) is 0 Å². The number of hydrogen-bond donors (Lipinski definition) is 1. The Morgan fingerprint density at radius 3 is 2.45 bits per heavy atom. The fourth-order valence-electron chi connectivity index (χ4n) is 2.77. The molecule has 1 unspecified atom stereocenters. The molecular formula is C15H22ClNO3. The number of ether oxygens (including phenoxy) is 3. The van der Waals surface area contributed by atoms with Gasteiger partial charge in [-0.25, -0.2) is 0 Å². The molecule has 1 N–H and O–H groups in total. The SMILES string of the molecule is COc1cc(Cl)c(OC)c(CC2CCCCN2)c1OC. The van der Waals surface area contributed by atoms with Crippen LogP contribution in [0, 0.1) is 0 Å². The standard InChI is InChI=1S/C15H22ClNO3/c1-18-13-9-12(16)14(19-2)11(15(13)20-3)8-10-6-4-5-7-17-10/h9-10,17H,4-8H2,1-3H3. The van der Waals surface area contributed by atoms with Crippen LogP contribution >= 0.6 is 11.6 Å². The molecule has 1 aliphatic heterocycles. The van der Waals surface area contributed by atoms with Crippen LogP contribution in [0.4, 0.5) is 0 Å². The van der Waals surface area contributed by atoms with E-state index in [1.54, 1.807) is 27.4 Å². The fourth-order valence-corrected chi connectivity index (χ4v) is 3.06. The molecule has 0 spiro atoms. The molecule has 0 amide bonds. The largest absolute Gasteiger partial charge is 0.495 e. The molecule has 0 aliphatic carbocycles. The molecule has 112 valence electrons. The number of methoxy groups -OCH3 is 3. The van der Waals surface area contributed by atoms with Crippen molar-refractivity contribution in [3.8, 4) is 17.2 Å². The number of halogens is 1. The number of nitrogens with one attached hydrogen (secondary N) is 1. The van der Waals surface area contributed by atoms with Gasteiger partial charge in [-0.05, 0) is 25.8 Å². The maximum absolute atomic E-state index is 6.28. The Labute approximate surface area is 125 Å². The normalized spacial score (nSPS) is 18.7. The van der Waals surface area contributed by atoms with Crippen LogP contribution in [-0.4, -0.2) is 33.9 Å². The summed E-state index contributed by atoms with van der Waals surface area (Å²) in [5.74, 6) is 2.03. The molecular weight excluding hydrogens is 278 g/mol. The van der Waals surface area contributed by atoms with Crippen molar-refractivity contribution < 1.29 is 14.2 Å². The minimum Gasteiger partial charge on any atom is -0.495 e. The molecule has 1 aromatic rings. The smallest absolute Gasteiger partial charge is 0.167 e. The highest BCUT2D eigenvalue weighted by Gasteiger charge is 2.23. The lowest BCUT2D eigenvalue weighted by molar-refractivity contribution is 0.335. The first-order valence-corrected chi connectivity index (χ1v) is 7.29. The average molecular weight is 300 g/mol. The third kappa shape index (κ3) is 3.13. The first kappa shape index (κ1) is 15.3. The molecule has 0 bridgehead atoms. The topological polar surface area (TPSA) is 39.7 Å². The van der Waals surface area contributed by atoms with Gasteiger partial charge in [0.15, 0.2) is 11.5 Å². The van der Waals surface area contributed by atoms with E-state index in [2.05, 4.69) is 5.32 Å². The van der Waals surface area contributed by atoms with Crippen LogP contribution in [0.1, 0.15) is 24.8 Å². The van der Waals surface area contributed by atoms with E-state index in [0.29, 0.717) is 28.3 Å². The summed E-state index contributed by atoms with van der Waals surface area (Å²) < 4.78 is 16.3. The van der Waals surface area contributed by atoms with Crippen molar-refractivity contribution in [3.05, 3.63) is 16.7 Å². The van der Waals surface area contributed by atoms with E-state index >= 15 is 0 Å². The summed E-state index contributed by atoms with van der Waals surface area (Å²) in [5.41, 5.74) is 0.971. The molecule has 2 rings (SSSR count). The molecule has 1 aliphatic rings. The highest BCUT2D eigenvalue weighted by atomic mass is 35.5. The van der Waals surface area contributed by atoms with E-state index in [-0.39, 0.29) is 0 Å². The summed E-state index contributed by atoms with van der Waals surface area (Å²) in [4.78, 5) is 0. The third-order valence-corrected chi connectivity index (χ3v) is 4.02. The molecule has 1 saturated heterocycles. The zero-order valence-electron chi connectivity index (χ0n) is 12.3. The Kier molecular flexibility index (Phi) is 5.38. The number of hydrogen-bond acceptors (Lipinski definition) is 4. The van der Waals surface area contributed by atoms with E-state index in [4.69, 9.17) is 25.8 Å². The number of rotatable bonds is 5. The monoisotopic (exact) mass is 299 g/mol. The van der Waals surface area contributed by atoms with Crippen LogP contribution in [0.3, 0.4) is 0 Å². The summed E-state index contributed by atoms with van der Waals surface area (Å²) >= 11 is 6.28. The highest BCUT2D eigenvalue weighted by Crippen LogP contribution is 2.43. The second-order valence-electron chi connectivity index (χ2n) is 4.96. The van der Waals surface area contributed by atoms with Gasteiger partial charge >= 0.3 is 0 Å². The maximum atomic E-state index is 6.28. The van der Waals surface area contributed by atoms with E-state index in [9.17, 15) is 0 Å². The van der Waals surface area contributed by atoms with Gasteiger partial charge in [-0.15, -0.1) is 0 Å². The van der Waals surface area contributed by atoms with Gasteiger partial charge in [-0.2, -0.15) is 0 Å². The lowest BCUT2D eigenvalue weighted by Gasteiger charge is -2.26. The van der Waals surface area contributed by atoms with Crippen LogP contribution in [0.2, 0.25) is 5.02 Å². The fraction of sp³-hybridized carbons (Fsp3) is 0.600. The summed E-state index contributed by atoms with van der Waals surface area (Å²) in [6.07, 6.45) is 4.47. The van der Waals surface area contributed by atoms with Crippen molar-refractivity contribution in [2.24, 2.45) is 0 Å². The maximum Gasteiger partial charge on any atom is 0.167 e. The molecule has 4 nitrogen and oxygen atoms in total. The van der Waals surface area contributed by atoms with Crippen molar-refractivity contribution in [2.45, 2.75) is 31.7 Å². The van der Waals surface area contributed by atoms with Gasteiger partial charge in [-0.3, -0.25) is 0 Å². The number of piperidine rings is 1. The first-order chi connectivity index (χ1) is 9.71. The van der Waals surface area contributed by atoms with Gasteiger partial charge in [0.05, 0.1) is 26.4 Å². The lowest BCUT2D eigenvalue weighted by Crippen LogP contribution is -2.35. The van der Waals surface area contributed by atoms with Crippen molar-refractivity contribution in [1.29, 1.82) is 0 Å². The van der Waals surface area contributed by atoms with Gasteiger partial charge in [-0.1, -0.05) is 18.0 Å². The summed E-state index contributed by atoms with van der Waals surface area (Å²) in [6.45, 7) is 1.06. The quantitative estimate of drug-likeness (QED) is 0.907. The zero-order valence-corrected chi connectivity index (χ0v) is 13.0. The van der Waals surface area contributed by atoms with Gasteiger partial charge in [0.25, 0.3) is 0 Å². The Bertz CT molecular complexity index is 459. The molecule has 5 heteroatoms. The van der Waals surface area contributed by atoms with Crippen LogP contribution in [0.15, 0.2) is 6.07 Å². The second-order valence-corrected chi connectivity index (χ2v) is 5.36. The molecule has 0 aromatic heterocycles. The van der Waals surface area contributed by atoms with Crippen molar-refractivity contribution in [3.63, 3.8) is 0 Å². The van der Waals surface area contributed by atoms with Gasteiger partial charge < -0.3 is 19.5 Å². The summed E-state index contributed by atoms with van der Waals surface area (Å²) in [7, 11) is 4.89. The Balaban J connectivity index is 2.38. The Morgan fingerprint density at radius 2 is 1.90 bits per heavy atom. The third-order valence-electron chi connectivity index (χ3n) is 3.74. The highest BCUT2D eigenvalue weighted by molar-refractivity contribution is 6.32. The van der Waals surface area contributed by atoms with Crippen molar-refractivity contribution in [1.82, 2.24) is 5.32 Å². The zero-order chi connectivity index (χ0) is 14.5. The molecule has 1 aromatic carbocycles. The van der Waals surface area contributed by atoms with Gasteiger partial charge in [0.1, 0.15) is 5.75 Å². The van der Waals surface area contributed by atoms with Crippen LogP contribution < -0.4 is 19.5 Å². The van der Waals surface area contributed by atoms with Gasteiger partial charge in [0, 0.05) is 17.7 Å². The van der Waals surface area contributed by atoms with Crippen molar-refractivity contribution >= 4 is 11.6 Å². The van der Waals surface area contributed by atoms with Crippen LogP contribution in [-0.2, 0) is 6.42 Å². The second kappa shape index (κ2) is 7.04. The van der Waals surface area contributed by atoms with E-state index in [0.717, 1.165) is 24.9 Å². The van der Waals surface area contributed by atoms with E-state index in [1.807, 2.05) is 0 Å². The molecule has 0 radical (unpaired) electrons. The predicted octanol–water partition coefficient (Wildman–Crippen LogP) is 3.05. The van der Waals surface area contributed by atoms with Crippen LogP contribution in [0.25, 0.3) is 0 Å². The lowest BCUT2D eigenvalue weighted by atomic mass is 9.96. The first-order valence-electron chi connectivity index (χ1n) is 6.92. The molecule has 20 heavy (non-hydrogen) atoms.